The minimum atomic E-state index is -1.38. The first-order chi connectivity index (χ1) is 16.2. The smallest absolute Gasteiger partial charge is 0.203 e. The summed E-state index contributed by atoms with van der Waals surface area (Å²) in [5.74, 6) is 0. The summed E-state index contributed by atoms with van der Waals surface area (Å²) in [7, 11) is 0. The van der Waals surface area contributed by atoms with Crippen molar-refractivity contribution < 1.29 is 5.11 Å². The highest BCUT2D eigenvalue weighted by atomic mass is 16.3. The average molecular weight is 450 g/mol. The summed E-state index contributed by atoms with van der Waals surface area (Å²) in [5, 5.41) is 21.7. The first-order valence-corrected chi connectivity index (χ1v) is 11.8. The Bertz CT molecular complexity index is 1350. The summed E-state index contributed by atoms with van der Waals surface area (Å²) < 4.78 is 0. The van der Waals surface area contributed by atoms with Gasteiger partial charge in [0.15, 0.2) is 0 Å². The van der Waals surface area contributed by atoms with Crippen molar-refractivity contribution in [3.63, 3.8) is 0 Å². The molecular formula is C30H31N3O. The van der Waals surface area contributed by atoms with Gasteiger partial charge in [0.1, 0.15) is 11.0 Å². The molecule has 3 aromatic carbocycles. The van der Waals surface area contributed by atoms with Gasteiger partial charge in [-0.3, -0.25) is 0 Å². The number of hydrogen-bond donors (Lipinski definition) is 1. The van der Waals surface area contributed by atoms with E-state index in [0.717, 1.165) is 22.2 Å². The largest absolute Gasteiger partial charge is 0.364 e. The van der Waals surface area contributed by atoms with Crippen LogP contribution in [0.3, 0.4) is 0 Å². The van der Waals surface area contributed by atoms with Crippen LogP contribution in [0.2, 0.25) is 0 Å². The quantitative estimate of drug-likeness (QED) is 0.390. The monoisotopic (exact) mass is 449 g/mol. The van der Waals surface area contributed by atoms with E-state index in [4.69, 9.17) is 10.2 Å². The molecular weight excluding hydrogens is 418 g/mol. The maximum Gasteiger partial charge on any atom is 0.203 e. The number of aromatic nitrogens is 3. The molecule has 5 rings (SSSR count). The Morgan fingerprint density at radius 3 is 1.71 bits per heavy atom. The van der Waals surface area contributed by atoms with E-state index >= 15 is 0 Å². The Balaban J connectivity index is 1.68. The van der Waals surface area contributed by atoms with Gasteiger partial charge in [-0.15, -0.1) is 4.80 Å². The van der Waals surface area contributed by atoms with Crippen molar-refractivity contribution in [1.82, 2.24) is 15.0 Å². The fourth-order valence-electron chi connectivity index (χ4n) is 5.06. The van der Waals surface area contributed by atoms with Gasteiger partial charge in [-0.2, -0.15) is 10.2 Å². The first kappa shape index (κ1) is 22.3. The number of hydrogen-bond acceptors (Lipinski definition) is 3. The Kier molecular flexibility index (Phi) is 5.29. The second-order valence-corrected chi connectivity index (χ2v) is 10.2. The van der Waals surface area contributed by atoms with E-state index in [2.05, 4.69) is 76.2 Å². The van der Waals surface area contributed by atoms with Gasteiger partial charge in [0.25, 0.3) is 0 Å². The van der Waals surface area contributed by atoms with Gasteiger partial charge in [-0.1, -0.05) is 113 Å². The van der Waals surface area contributed by atoms with Gasteiger partial charge >= 0.3 is 0 Å². The van der Waals surface area contributed by atoms with Crippen molar-refractivity contribution in [2.75, 3.05) is 0 Å². The number of nitrogens with zero attached hydrogens (tertiary/aromatic N) is 3. The number of rotatable bonds is 5. The zero-order valence-electron chi connectivity index (χ0n) is 20.2. The number of aliphatic hydroxyl groups is 1. The Morgan fingerprint density at radius 2 is 1.18 bits per heavy atom. The predicted molar refractivity (Wildman–Crippen MR) is 137 cm³/mol. The van der Waals surface area contributed by atoms with Crippen LogP contribution in [-0.2, 0) is 16.6 Å². The summed E-state index contributed by atoms with van der Waals surface area (Å²) in [5.41, 5.74) is 3.92. The second-order valence-electron chi connectivity index (χ2n) is 10.2. The third-order valence-electron chi connectivity index (χ3n) is 7.34. The Morgan fingerprint density at radius 1 is 0.706 bits per heavy atom. The van der Waals surface area contributed by atoms with Crippen LogP contribution in [-0.4, -0.2) is 20.1 Å². The van der Waals surface area contributed by atoms with Crippen LogP contribution in [0, 0.1) is 0 Å². The zero-order valence-corrected chi connectivity index (χ0v) is 20.2. The van der Waals surface area contributed by atoms with Crippen molar-refractivity contribution in [1.29, 1.82) is 0 Å². The summed E-state index contributed by atoms with van der Waals surface area (Å²) >= 11 is 0. The molecule has 1 aromatic heterocycles. The number of fused-ring (bicyclic) bond motifs is 1. The number of allylic oxidation sites excluding steroid dienone is 2. The van der Waals surface area contributed by atoms with E-state index in [1.54, 1.807) is 0 Å². The molecule has 0 radical (unpaired) electrons. The molecule has 0 spiro atoms. The van der Waals surface area contributed by atoms with E-state index in [1.165, 1.54) is 15.9 Å². The molecule has 1 unspecified atom stereocenters. The molecule has 1 aliphatic carbocycles. The molecule has 0 saturated carbocycles. The summed E-state index contributed by atoms with van der Waals surface area (Å²) in [4.78, 5) is 1.51. The lowest BCUT2D eigenvalue weighted by molar-refractivity contribution is -0.0325. The lowest BCUT2D eigenvalue weighted by Gasteiger charge is -2.43. The molecule has 4 heteroatoms. The molecule has 1 atom stereocenters. The fraction of sp³-hybridized carbons (Fsp3) is 0.267. The van der Waals surface area contributed by atoms with Crippen LogP contribution in [0.15, 0.2) is 108 Å². The summed E-state index contributed by atoms with van der Waals surface area (Å²) in [6.07, 6.45) is 4.71. The van der Waals surface area contributed by atoms with Crippen LogP contribution in [0.25, 0.3) is 11.0 Å². The van der Waals surface area contributed by atoms with Crippen molar-refractivity contribution >= 4 is 11.0 Å². The SMILES string of the molecule is CC(C)(C1=CCC(O)(n2nc3ccccc3n2)C(C(C)(C)c2ccccc2)=C1)c1ccccc1. The third kappa shape index (κ3) is 3.59. The minimum Gasteiger partial charge on any atom is -0.364 e. The molecule has 1 N–H and O–H groups in total. The van der Waals surface area contributed by atoms with Crippen molar-refractivity contribution in [2.24, 2.45) is 0 Å². The predicted octanol–water partition coefficient (Wildman–Crippen LogP) is 6.29. The topological polar surface area (TPSA) is 50.9 Å². The second kappa shape index (κ2) is 8.07. The maximum atomic E-state index is 12.3. The highest BCUT2D eigenvalue weighted by Gasteiger charge is 2.46. The third-order valence-corrected chi connectivity index (χ3v) is 7.34. The van der Waals surface area contributed by atoms with E-state index in [0.29, 0.717) is 6.42 Å². The van der Waals surface area contributed by atoms with E-state index < -0.39 is 11.1 Å². The fourth-order valence-corrected chi connectivity index (χ4v) is 5.06. The van der Waals surface area contributed by atoms with Gasteiger partial charge < -0.3 is 5.11 Å². The molecule has 1 aliphatic rings. The molecule has 4 aromatic rings. The van der Waals surface area contributed by atoms with E-state index in [9.17, 15) is 5.11 Å². The Hall–Kier alpha value is -3.50. The van der Waals surface area contributed by atoms with Crippen LogP contribution < -0.4 is 0 Å². The van der Waals surface area contributed by atoms with Crippen LogP contribution in [0.4, 0.5) is 0 Å². The molecule has 4 nitrogen and oxygen atoms in total. The Labute approximate surface area is 201 Å². The normalized spacial score (nSPS) is 19.1. The van der Waals surface area contributed by atoms with E-state index in [-0.39, 0.29) is 5.41 Å². The van der Waals surface area contributed by atoms with Crippen molar-refractivity contribution in [2.45, 2.75) is 50.7 Å². The summed E-state index contributed by atoms with van der Waals surface area (Å²) in [6.45, 7) is 8.81. The maximum absolute atomic E-state index is 12.3. The van der Waals surface area contributed by atoms with Gasteiger partial charge in [-0.25, -0.2) is 0 Å². The highest BCUT2D eigenvalue weighted by Crippen LogP contribution is 2.47. The molecule has 0 amide bonds. The lowest BCUT2D eigenvalue weighted by atomic mass is 9.66. The standard InChI is InChI=1S/C30H31N3O/c1-28(2,22-13-7-5-8-14-22)24-19-20-30(34,33-31-25-17-11-12-18-26(25)32-33)27(21-24)29(3,4)23-15-9-6-10-16-23/h5-19,21,34H,20H2,1-4H3. The van der Waals surface area contributed by atoms with Crippen molar-refractivity contribution in [3.05, 3.63) is 119 Å². The van der Waals surface area contributed by atoms with Crippen LogP contribution >= 0.6 is 0 Å². The molecule has 0 aliphatic heterocycles. The number of benzene rings is 3. The van der Waals surface area contributed by atoms with Crippen LogP contribution in [0.1, 0.15) is 45.2 Å². The molecule has 1 heterocycles. The van der Waals surface area contributed by atoms with Crippen LogP contribution in [0.5, 0.6) is 0 Å². The van der Waals surface area contributed by atoms with Gasteiger partial charge in [0.05, 0.1) is 0 Å². The minimum absolute atomic E-state index is 0.219. The molecule has 172 valence electrons. The van der Waals surface area contributed by atoms with Gasteiger partial charge in [0.2, 0.25) is 5.72 Å². The first-order valence-electron chi connectivity index (χ1n) is 11.8. The molecule has 0 bridgehead atoms. The van der Waals surface area contributed by atoms with E-state index in [1.807, 2.05) is 48.5 Å². The zero-order chi connectivity index (χ0) is 24.0. The average Bonchev–Trinajstić information content (AvgIpc) is 3.30. The molecule has 0 fully saturated rings. The van der Waals surface area contributed by atoms with Crippen molar-refractivity contribution in [3.8, 4) is 0 Å². The van der Waals surface area contributed by atoms with Gasteiger partial charge in [0, 0.05) is 17.3 Å². The summed E-state index contributed by atoms with van der Waals surface area (Å²) in [6, 6.07) is 28.6. The van der Waals surface area contributed by atoms with Gasteiger partial charge in [-0.05, 0) is 34.4 Å². The molecule has 0 saturated heterocycles. The highest BCUT2D eigenvalue weighted by molar-refractivity contribution is 5.73. The molecule has 34 heavy (non-hydrogen) atoms. The lowest BCUT2D eigenvalue weighted by Crippen LogP contribution is -2.45.